The molecule has 1 aromatic carbocycles. The van der Waals surface area contributed by atoms with Crippen molar-refractivity contribution in [3.05, 3.63) is 47.8 Å². The molecule has 0 spiro atoms. The summed E-state index contributed by atoms with van der Waals surface area (Å²) in [5, 5.41) is 6.88. The number of aryl methyl sites for hydroxylation is 1. The fourth-order valence-electron chi connectivity index (χ4n) is 2.53. The molecule has 1 aliphatic heterocycles. The summed E-state index contributed by atoms with van der Waals surface area (Å²) < 4.78 is 32.6. The van der Waals surface area contributed by atoms with Gasteiger partial charge >= 0.3 is 0 Å². The van der Waals surface area contributed by atoms with Crippen molar-refractivity contribution in [1.82, 2.24) is 14.5 Å². The van der Waals surface area contributed by atoms with Crippen molar-refractivity contribution >= 4 is 10.0 Å². The number of sulfonamides is 1. The maximum atomic E-state index is 12.8. The molecule has 1 atom stereocenters. The maximum absolute atomic E-state index is 12.8. The number of hydrogen-bond acceptors (Lipinski definition) is 4. The Labute approximate surface area is 123 Å². The highest BCUT2D eigenvalue weighted by atomic mass is 32.2. The molecule has 1 aromatic heterocycles. The van der Waals surface area contributed by atoms with Crippen LogP contribution < -0.4 is 0 Å². The molecule has 0 amide bonds. The van der Waals surface area contributed by atoms with E-state index in [0.29, 0.717) is 24.7 Å². The highest BCUT2D eigenvalue weighted by molar-refractivity contribution is 7.89. The van der Waals surface area contributed by atoms with Gasteiger partial charge in [0.05, 0.1) is 36.0 Å². The van der Waals surface area contributed by atoms with Crippen molar-refractivity contribution in [3.63, 3.8) is 0 Å². The lowest BCUT2D eigenvalue weighted by molar-refractivity contribution is 0.0303. The molecular weight excluding hydrogens is 290 g/mol. The van der Waals surface area contributed by atoms with Crippen LogP contribution in [0, 0.1) is 6.92 Å². The molecule has 21 heavy (non-hydrogen) atoms. The van der Waals surface area contributed by atoms with Crippen molar-refractivity contribution in [2.75, 3.05) is 19.8 Å². The second kappa shape index (κ2) is 5.59. The topological polar surface area (TPSA) is 75.3 Å². The Kier molecular flexibility index (Phi) is 3.79. The van der Waals surface area contributed by atoms with Crippen LogP contribution in [0.15, 0.2) is 41.4 Å². The van der Waals surface area contributed by atoms with E-state index in [4.69, 9.17) is 4.74 Å². The number of aromatic amines is 1. The lowest BCUT2D eigenvalue weighted by atomic mass is 10.1. The zero-order valence-corrected chi connectivity index (χ0v) is 12.5. The lowest BCUT2D eigenvalue weighted by Crippen LogP contribution is -2.43. The van der Waals surface area contributed by atoms with E-state index in [1.807, 2.05) is 6.92 Å². The van der Waals surface area contributed by atoms with Gasteiger partial charge in [-0.15, -0.1) is 0 Å². The van der Waals surface area contributed by atoms with Crippen molar-refractivity contribution in [2.24, 2.45) is 0 Å². The van der Waals surface area contributed by atoms with Gasteiger partial charge in [-0.25, -0.2) is 8.42 Å². The Bertz CT molecular complexity index is 712. The molecule has 112 valence electrons. The van der Waals surface area contributed by atoms with Crippen LogP contribution in [-0.4, -0.2) is 42.7 Å². The average molecular weight is 307 g/mol. The van der Waals surface area contributed by atoms with Crippen LogP contribution in [-0.2, 0) is 14.8 Å². The second-order valence-corrected chi connectivity index (χ2v) is 6.88. The Morgan fingerprint density at radius 3 is 2.76 bits per heavy atom. The Balaban J connectivity index is 2.01. The number of rotatable bonds is 3. The summed E-state index contributed by atoms with van der Waals surface area (Å²) in [6.07, 6.45) is 1.69. The standard InChI is InChI=1S/C14H17N3O3S/c1-11-9-15-16-14(11)13-10-20-8-7-17(13)21(18,19)12-5-3-2-4-6-12/h2-6,9,13H,7-8,10H2,1H3,(H,15,16)/t13-/m1/s1. The van der Waals surface area contributed by atoms with Crippen molar-refractivity contribution in [2.45, 2.75) is 17.9 Å². The van der Waals surface area contributed by atoms with E-state index in [1.54, 1.807) is 36.5 Å². The molecule has 3 rings (SSSR count). The summed E-state index contributed by atoms with van der Waals surface area (Å²) in [7, 11) is -3.55. The van der Waals surface area contributed by atoms with Crippen LogP contribution in [0.3, 0.4) is 0 Å². The predicted molar refractivity (Wildman–Crippen MR) is 77.2 cm³/mol. The quantitative estimate of drug-likeness (QED) is 0.932. The van der Waals surface area contributed by atoms with Gasteiger partial charge in [-0.05, 0) is 24.6 Å². The fraction of sp³-hybridized carbons (Fsp3) is 0.357. The van der Waals surface area contributed by atoms with E-state index in [9.17, 15) is 8.42 Å². The lowest BCUT2D eigenvalue weighted by Gasteiger charge is -2.34. The number of morpholine rings is 1. The molecule has 1 aliphatic rings. The van der Waals surface area contributed by atoms with Gasteiger partial charge in [0.1, 0.15) is 0 Å². The van der Waals surface area contributed by atoms with E-state index < -0.39 is 10.0 Å². The molecule has 1 N–H and O–H groups in total. The minimum Gasteiger partial charge on any atom is -0.378 e. The van der Waals surface area contributed by atoms with E-state index in [2.05, 4.69) is 10.2 Å². The average Bonchev–Trinajstić information content (AvgIpc) is 2.94. The first-order chi connectivity index (χ1) is 10.1. The number of nitrogens with one attached hydrogen (secondary N) is 1. The highest BCUT2D eigenvalue weighted by Crippen LogP contribution is 2.30. The van der Waals surface area contributed by atoms with Gasteiger partial charge in [-0.2, -0.15) is 9.40 Å². The van der Waals surface area contributed by atoms with E-state index in [-0.39, 0.29) is 6.04 Å². The summed E-state index contributed by atoms with van der Waals surface area (Å²) in [6.45, 7) is 2.96. The summed E-state index contributed by atoms with van der Waals surface area (Å²) in [4.78, 5) is 0.300. The third kappa shape index (κ3) is 2.59. The fourth-order valence-corrected chi connectivity index (χ4v) is 4.11. The van der Waals surface area contributed by atoms with Gasteiger partial charge in [0.2, 0.25) is 10.0 Å². The van der Waals surface area contributed by atoms with E-state index in [1.165, 1.54) is 4.31 Å². The van der Waals surface area contributed by atoms with Crippen molar-refractivity contribution < 1.29 is 13.2 Å². The Morgan fingerprint density at radius 2 is 2.10 bits per heavy atom. The third-order valence-electron chi connectivity index (χ3n) is 3.63. The molecule has 0 bridgehead atoms. The second-order valence-electron chi connectivity index (χ2n) is 4.99. The van der Waals surface area contributed by atoms with Gasteiger partial charge in [-0.1, -0.05) is 18.2 Å². The normalized spacial score (nSPS) is 20.5. The van der Waals surface area contributed by atoms with Crippen LogP contribution >= 0.6 is 0 Å². The number of H-pyrrole nitrogens is 1. The smallest absolute Gasteiger partial charge is 0.243 e. The molecule has 0 aliphatic carbocycles. The monoisotopic (exact) mass is 307 g/mol. The molecule has 6 nitrogen and oxygen atoms in total. The van der Waals surface area contributed by atoms with Gasteiger partial charge < -0.3 is 4.74 Å². The van der Waals surface area contributed by atoms with Gasteiger partial charge in [0.25, 0.3) is 0 Å². The first-order valence-electron chi connectivity index (χ1n) is 6.75. The molecular formula is C14H17N3O3S. The molecule has 2 heterocycles. The number of hydrogen-bond donors (Lipinski definition) is 1. The largest absolute Gasteiger partial charge is 0.378 e. The molecule has 7 heteroatoms. The van der Waals surface area contributed by atoms with E-state index in [0.717, 1.165) is 11.3 Å². The minimum absolute atomic E-state index is 0.300. The van der Waals surface area contributed by atoms with Crippen molar-refractivity contribution in [1.29, 1.82) is 0 Å². The van der Waals surface area contributed by atoms with Crippen LogP contribution in [0.4, 0.5) is 0 Å². The predicted octanol–water partition coefficient (Wildman–Crippen LogP) is 1.48. The number of benzene rings is 1. The molecule has 0 saturated carbocycles. The Morgan fingerprint density at radius 1 is 1.33 bits per heavy atom. The first kappa shape index (κ1) is 14.2. The summed E-state index contributed by atoms with van der Waals surface area (Å²) >= 11 is 0. The first-order valence-corrected chi connectivity index (χ1v) is 8.19. The summed E-state index contributed by atoms with van der Waals surface area (Å²) in [6, 6.07) is 8.11. The highest BCUT2D eigenvalue weighted by Gasteiger charge is 2.36. The molecule has 0 radical (unpaired) electrons. The summed E-state index contributed by atoms with van der Waals surface area (Å²) in [5.74, 6) is 0. The number of nitrogens with zero attached hydrogens (tertiary/aromatic N) is 2. The van der Waals surface area contributed by atoms with Gasteiger partial charge in [0, 0.05) is 6.54 Å². The zero-order chi connectivity index (χ0) is 14.9. The van der Waals surface area contributed by atoms with E-state index >= 15 is 0 Å². The molecule has 0 unspecified atom stereocenters. The zero-order valence-electron chi connectivity index (χ0n) is 11.7. The van der Waals surface area contributed by atoms with Crippen LogP contribution in [0.1, 0.15) is 17.3 Å². The SMILES string of the molecule is Cc1cn[nH]c1[C@H]1COCCN1S(=O)(=O)c1ccccc1. The third-order valence-corrected chi connectivity index (χ3v) is 5.55. The minimum atomic E-state index is -3.55. The molecule has 1 fully saturated rings. The van der Waals surface area contributed by atoms with Gasteiger partial charge in [-0.3, -0.25) is 5.10 Å². The number of ether oxygens (including phenoxy) is 1. The maximum Gasteiger partial charge on any atom is 0.243 e. The number of aromatic nitrogens is 2. The van der Waals surface area contributed by atoms with Gasteiger partial charge in [0.15, 0.2) is 0 Å². The van der Waals surface area contributed by atoms with Crippen LogP contribution in [0.5, 0.6) is 0 Å². The van der Waals surface area contributed by atoms with Crippen molar-refractivity contribution in [3.8, 4) is 0 Å². The molecule has 2 aromatic rings. The Hall–Kier alpha value is -1.70. The van der Waals surface area contributed by atoms with Crippen LogP contribution in [0.2, 0.25) is 0 Å². The summed E-state index contributed by atoms with van der Waals surface area (Å²) in [5.41, 5.74) is 1.72. The van der Waals surface area contributed by atoms with Crippen LogP contribution in [0.25, 0.3) is 0 Å². The molecule has 1 saturated heterocycles.